The number of hydrogen-bond acceptors (Lipinski definition) is 5. The molecule has 0 atom stereocenters. The summed E-state index contributed by atoms with van der Waals surface area (Å²) in [5.74, 6) is 2.99. The van der Waals surface area contributed by atoms with E-state index in [-0.39, 0.29) is 10.7 Å². The van der Waals surface area contributed by atoms with Crippen LogP contribution in [0.25, 0.3) is 0 Å². The van der Waals surface area contributed by atoms with Crippen LogP contribution in [0.5, 0.6) is 0 Å². The second-order valence-corrected chi connectivity index (χ2v) is 4.98. The van der Waals surface area contributed by atoms with Crippen LogP contribution >= 0.6 is 11.8 Å². The number of carboxylic acids is 2. The van der Waals surface area contributed by atoms with Gasteiger partial charge in [-0.25, -0.2) is 9.59 Å². The van der Waals surface area contributed by atoms with Crippen molar-refractivity contribution in [1.82, 2.24) is 4.90 Å². The van der Waals surface area contributed by atoms with E-state index in [1.807, 2.05) is 32.8 Å². The summed E-state index contributed by atoms with van der Waals surface area (Å²) in [6.45, 7) is 3.96. The Kier molecular flexibility index (Phi) is 10.3. The maximum Gasteiger partial charge on any atom is 0.328 e. The van der Waals surface area contributed by atoms with Crippen molar-refractivity contribution in [1.29, 1.82) is 0 Å². The van der Waals surface area contributed by atoms with E-state index < -0.39 is 11.9 Å². The van der Waals surface area contributed by atoms with Gasteiger partial charge in [0.05, 0.1) is 5.54 Å². The van der Waals surface area contributed by atoms with Gasteiger partial charge in [-0.1, -0.05) is 17.7 Å². The number of carbonyl (C=O) groups is 3. The van der Waals surface area contributed by atoms with E-state index in [4.69, 9.17) is 10.2 Å². The molecule has 0 amide bonds. The molecule has 20 heavy (non-hydrogen) atoms. The number of thioether (sulfide) groups is 1. The van der Waals surface area contributed by atoms with Crippen molar-refractivity contribution in [2.75, 3.05) is 20.4 Å². The number of carboxylic acid groups (broad SMARTS) is 2. The average molecular weight is 301 g/mol. The summed E-state index contributed by atoms with van der Waals surface area (Å²) >= 11 is 1.15. The zero-order valence-electron chi connectivity index (χ0n) is 12.1. The molecule has 0 aliphatic rings. The molecule has 112 valence electrons. The van der Waals surface area contributed by atoms with Gasteiger partial charge in [0.2, 0.25) is 0 Å². The zero-order chi connectivity index (χ0) is 16.3. The fraction of sp³-hybridized carbons (Fsp3) is 0.462. The summed E-state index contributed by atoms with van der Waals surface area (Å²) in [5, 5.41) is 15.5. The predicted octanol–water partition coefficient (Wildman–Crippen LogP) is 0.931. The van der Waals surface area contributed by atoms with Gasteiger partial charge in [-0.05, 0) is 40.1 Å². The fourth-order valence-corrected chi connectivity index (χ4v) is 0.662. The maximum absolute atomic E-state index is 10.9. The molecule has 0 aliphatic heterocycles. The van der Waals surface area contributed by atoms with Gasteiger partial charge >= 0.3 is 11.9 Å². The van der Waals surface area contributed by atoms with Gasteiger partial charge in [0.25, 0.3) is 5.12 Å². The molecular weight excluding hydrogens is 282 g/mol. The second-order valence-electron chi connectivity index (χ2n) is 4.20. The van der Waals surface area contributed by atoms with E-state index >= 15 is 0 Å². The Balaban J connectivity index is 0. The molecule has 6 nitrogen and oxygen atoms in total. The number of rotatable bonds is 3. The molecule has 0 heterocycles. The van der Waals surface area contributed by atoms with Gasteiger partial charge < -0.3 is 10.2 Å². The zero-order valence-corrected chi connectivity index (χ0v) is 12.9. The largest absolute Gasteiger partial charge is 0.478 e. The minimum Gasteiger partial charge on any atom is -0.478 e. The Morgan fingerprint density at radius 3 is 1.75 bits per heavy atom. The topological polar surface area (TPSA) is 94.9 Å². The molecule has 0 aliphatic carbocycles. The van der Waals surface area contributed by atoms with E-state index in [1.54, 1.807) is 6.26 Å². The summed E-state index contributed by atoms with van der Waals surface area (Å²) in [6.07, 6.45) is 2.85. The highest BCUT2D eigenvalue weighted by Crippen LogP contribution is 2.07. The third-order valence-electron chi connectivity index (χ3n) is 2.14. The van der Waals surface area contributed by atoms with Crippen LogP contribution in [-0.4, -0.2) is 58.1 Å². The minimum atomic E-state index is -1.26. The fourth-order valence-electron chi connectivity index (χ4n) is 0.509. The summed E-state index contributed by atoms with van der Waals surface area (Å²) < 4.78 is 0. The lowest BCUT2D eigenvalue weighted by molar-refractivity contribution is -0.134. The molecule has 7 heteroatoms. The van der Waals surface area contributed by atoms with Gasteiger partial charge in [-0.15, -0.1) is 0 Å². The van der Waals surface area contributed by atoms with Crippen molar-refractivity contribution in [3.8, 4) is 11.8 Å². The molecule has 0 rings (SSSR count). The molecule has 0 radical (unpaired) electrons. The standard InChI is InChI=1S/C9H15NOS.C4H4O4/c1-9(2,10(3)4)7-6-8(11)12-5;5-3(6)1-2-4(7)8/h1-5H3;1-2H,(H,5,6)(H,7,8)/b;2-1+. The molecule has 0 aromatic rings. The van der Waals surface area contributed by atoms with Gasteiger partial charge in [0.15, 0.2) is 0 Å². The molecule has 2 N–H and O–H groups in total. The van der Waals surface area contributed by atoms with Crippen LogP contribution in [-0.2, 0) is 14.4 Å². The number of nitrogens with zero attached hydrogens (tertiary/aromatic N) is 1. The Labute approximate surface area is 122 Å². The molecule has 0 aromatic heterocycles. The first-order chi connectivity index (χ1) is 9.02. The van der Waals surface area contributed by atoms with E-state index in [0.29, 0.717) is 12.2 Å². The molecule has 0 saturated heterocycles. The van der Waals surface area contributed by atoms with Crippen LogP contribution in [0.3, 0.4) is 0 Å². The summed E-state index contributed by atoms with van der Waals surface area (Å²) in [7, 11) is 3.89. The number of aliphatic carboxylic acids is 2. The van der Waals surface area contributed by atoms with Crippen LogP contribution in [0.1, 0.15) is 13.8 Å². The lowest BCUT2D eigenvalue weighted by Gasteiger charge is -2.26. The SMILES string of the molecule is CSC(=O)C#CC(C)(C)N(C)C.O=C(O)/C=C/C(=O)O. The number of carbonyl (C=O) groups excluding carboxylic acids is 1. The van der Waals surface area contributed by atoms with Crippen molar-refractivity contribution in [3.63, 3.8) is 0 Å². The van der Waals surface area contributed by atoms with Crippen LogP contribution in [0.15, 0.2) is 12.2 Å². The Morgan fingerprint density at radius 2 is 1.50 bits per heavy atom. The smallest absolute Gasteiger partial charge is 0.328 e. The van der Waals surface area contributed by atoms with Gasteiger partial charge in [-0.3, -0.25) is 9.69 Å². The molecule has 0 saturated carbocycles. The molecular formula is C13H19NO5S. The summed E-state index contributed by atoms with van der Waals surface area (Å²) in [5.41, 5.74) is -0.231. The Morgan fingerprint density at radius 1 is 1.10 bits per heavy atom. The first-order valence-electron chi connectivity index (χ1n) is 5.45. The number of hydrogen-bond donors (Lipinski definition) is 2. The summed E-state index contributed by atoms with van der Waals surface area (Å²) in [6, 6.07) is 0. The lowest BCUT2D eigenvalue weighted by atomic mass is 10.1. The molecule has 0 unspecified atom stereocenters. The van der Waals surface area contributed by atoms with Crippen molar-refractivity contribution in [2.24, 2.45) is 0 Å². The molecule has 0 aromatic carbocycles. The van der Waals surface area contributed by atoms with Gasteiger partial charge in [0.1, 0.15) is 0 Å². The van der Waals surface area contributed by atoms with E-state index in [1.165, 1.54) is 0 Å². The maximum atomic E-state index is 10.9. The van der Waals surface area contributed by atoms with Crippen molar-refractivity contribution in [3.05, 3.63) is 12.2 Å². The van der Waals surface area contributed by atoms with E-state index in [9.17, 15) is 14.4 Å². The second kappa shape index (κ2) is 10.1. The molecule has 0 spiro atoms. The highest BCUT2D eigenvalue weighted by molar-refractivity contribution is 8.13. The minimum absolute atomic E-state index is 0.0788. The predicted molar refractivity (Wildman–Crippen MR) is 78.5 cm³/mol. The van der Waals surface area contributed by atoms with Crippen LogP contribution in [0.4, 0.5) is 0 Å². The quantitative estimate of drug-likeness (QED) is 0.591. The highest BCUT2D eigenvalue weighted by Gasteiger charge is 2.16. The lowest BCUT2D eigenvalue weighted by Crippen LogP contribution is -2.36. The van der Waals surface area contributed by atoms with Crippen LogP contribution in [0.2, 0.25) is 0 Å². The average Bonchev–Trinajstić information content (AvgIpc) is 2.34. The van der Waals surface area contributed by atoms with Gasteiger partial charge in [0, 0.05) is 12.2 Å². The normalized spacial score (nSPS) is 10.3. The van der Waals surface area contributed by atoms with Crippen molar-refractivity contribution >= 4 is 28.8 Å². The highest BCUT2D eigenvalue weighted by atomic mass is 32.2. The van der Waals surface area contributed by atoms with E-state index in [2.05, 4.69) is 11.8 Å². The first-order valence-corrected chi connectivity index (χ1v) is 6.68. The van der Waals surface area contributed by atoms with Gasteiger partial charge in [-0.2, -0.15) is 0 Å². The molecule has 0 fully saturated rings. The van der Waals surface area contributed by atoms with Crippen LogP contribution < -0.4 is 0 Å². The summed E-state index contributed by atoms with van der Waals surface area (Å²) in [4.78, 5) is 31.9. The van der Waals surface area contributed by atoms with Crippen molar-refractivity contribution in [2.45, 2.75) is 19.4 Å². The monoisotopic (exact) mass is 301 g/mol. The first kappa shape index (κ1) is 20.5. The van der Waals surface area contributed by atoms with Crippen LogP contribution in [0, 0.1) is 11.8 Å². The Hall–Kier alpha value is -1.78. The third kappa shape index (κ3) is 12.7. The third-order valence-corrected chi connectivity index (χ3v) is 2.62. The van der Waals surface area contributed by atoms with E-state index in [0.717, 1.165) is 11.8 Å². The van der Waals surface area contributed by atoms with Crippen molar-refractivity contribution < 1.29 is 24.6 Å². The molecule has 0 bridgehead atoms. The Bertz CT molecular complexity index is 427.